The van der Waals surface area contributed by atoms with Crippen LogP contribution in [0.15, 0.2) is 29.1 Å². The molecule has 1 aromatic heterocycles. The average molecular weight is 275 g/mol. The lowest BCUT2D eigenvalue weighted by Gasteiger charge is -2.13. The zero-order valence-electron chi connectivity index (χ0n) is 11.5. The Kier molecular flexibility index (Phi) is 4.02. The Morgan fingerprint density at radius 2 is 2.00 bits per heavy atom. The van der Waals surface area contributed by atoms with Crippen molar-refractivity contribution in [3.8, 4) is 0 Å². The third kappa shape index (κ3) is 2.24. The van der Waals surface area contributed by atoms with Crippen molar-refractivity contribution < 1.29 is 4.92 Å². The second-order valence-electron chi connectivity index (χ2n) is 4.47. The Hall–Kier alpha value is -2.37. The first-order valence-electron chi connectivity index (χ1n) is 6.65. The van der Waals surface area contributed by atoms with E-state index in [0.717, 1.165) is 6.42 Å². The zero-order valence-corrected chi connectivity index (χ0v) is 11.5. The minimum atomic E-state index is -0.598. The van der Waals surface area contributed by atoms with Gasteiger partial charge in [-0.25, -0.2) is 0 Å². The molecule has 20 heavy (non-hydrogen) atoms. The maximum atomic E-state index is 12.3. The van der Waals surface area contributed by atoms with E-state index in [1.54, 1.807) is 19.1 Å². The fraction of sp³-hybridized carbons (Fsp3) is 0.357. The molecule has 0 amide bonds. The summed E-state index contributed by atoms with van der Waals surface area (Å²) in [6.07, 6.45) is 0.822. The predicted molar refractivity (Wildman–Crippen MR) is 79.3 cm³/mol. The van der Waals surface area contributed by atoms with Gasteiger partial charge in [-0.15, -0.1) is 0 Å². The van der Waals surface area contributed by atoms with Gasteiger partial charge >= 0.3 is 11.2 Å². The highest BCUT2D eigenvalue weighted by molar-refractivity contribution is 5.96. The topological polar surface area (TPSA) is 77.2 Å². The van der Waals surface area contributed by atoms with Gasteiger partial charge in [0.25, 0.3) is 0 Å². The highest BCUT2D eigenvalue weighted by Crippen LogP contribution is 2.29. The highest BCUT2D eigenvalue weighted by Gasteiger charge is 2.24. The fourth-order valence-corrected chi connectivity index (χ4v) is 2.30. The molecule has 0 fully saturated rings. The summed E-state index contributed by atoms with van der Waals surface area (Å²) in [6.45, 7) is 4.75. The van der Waals surface area contributed by atoms with Crippen LogP contribution in [0.1, 0.15) is 20.3 Å². The maximum Gasteiger partial charge on any atom is 0.357 e. The Balaban J connectivity index is 2.88. The summed E-state index contributed by atoms with van der Waals surface area (Å²) in [5.41, 5.74) is 0.0974. The monoisotopic (exact) mass is 275 g/mol. The number of rotatable bonds is 5. The predicted octanol–water partition coefficient (Wildman–Crippen LogP) is 2.75. The first-order chi connectivity index (χ1) is 9.61. The third-order valence-electron chi connectivity index (χ3n) is 3.20. The number of para-hydroxylation sites is 1. The van der Waals surface area contributed by atoms with Gasteiger partial charge in [0, 0.05) is 18.5 Å². The van der Waals surface area contributed by atoms with Crippen molar-refractivity contribution in [3.05, 3.63) is 44.7 Å². The summed E-state index contributed by atoms with van der Waals surface area (Å²) in [4.78, 5) is 23.0. The van der Waals surface area contributed by atoms with Crippen LogP contribution < -0.4 is 10.9 Å². The van der Waals surface area contributed by atoms with Crippen LogP contribution in [0.25, 0.3) is 10.9 Å². The molecule has 0 radical (unpaired) electrons. The second-order valence-corrected chi connectivity index (χ2v) is 4.47. The zero-order chi connectivity index (χ0) is 14.7. The molecule has 0 aliphatic heterocycles. The van der Waals surface area contributed by atoms with Crippen LogP contribution in [-0.4, -0.2) is 16.0 Å². The highest BCUT2D eigenvalue weighted by atomic mass is 16.6. The van der Waals surface area contributed by atoms with E-state index in [2.05, 4.69) is 5.32 Å². The number of nitro groups is 1. The largest absolute Gasteiger partial charge is 0.379 e. The van der Waals surface area contributed by atoms with E-state index in [1.807, 2.05) is 19.1 Å². The molecule has 2 rings (SSSR count). The molecule has 0 bridgehead atoms. The van der Waals surface area contributed by atoms with E-state index in [9.17, 15) is 14.9 Å². The number of anilines is 1. The first-order valence-corrected chi connectivity index (χ1v) is 6.65. The molecule has 1 heterocycles. The van der Waals surface area contributed by atoms with Crippen molar-refractivity contribution >= 4 is 22.3 Å². The molecule has 0 saturated heterocycles. The number of aromatic nitrogens is 1. The summed E-state index contributed by atoms with van der Waals surface area (Å²) in [5.74, 6) is 0. The van der Waals surface area contributed by atoms with E-state index in [1.165, 1.54) is 4.57 Å². The Morgan fingerprint density at radius 3 is 2.60 bits per heavy atom. The number of hydrogen-bond donors (Lipinski definition) is 1. The van der Waals surface area contributed by atoms with E-state index in [0.29, 0.717) is 29.7 Å². The van der Waals surface area contributed by atoms with Crippen molar-refractivity contribution in [2.75, 3.05) is 11.9 Å². The third-order valence-corrected chi connectivity index (χ3v) is 3.20. The van der Waals surface area contributed by atoms with E-state index in [4.69, 9.17) is 0 Å². The van der Waals surface area contributed by atoms with Gasteiger partial charge in [0.05, 0.1) is 10.4 Å². The molecule has 1 aromatic carbocycles. The van der Waals surface area contributed by atoms with Gasteiger partial charge in [0.15, 0.2) is 0 Å². The Bertz CT molecular complexity index is 707. The molecule has 0 saturated carbocycles. The Labute approximate surface area is 116 Å². The fourth-order valence-electron chi connectivity index (χ4n) is 2.30. The number of nitrogens with zero attached hydrogens (tertiary/aromatic N) is 2. The van der Waals surface area contributed by atoms with Crippen molar-refractivity contribution in [1.82, 2.24) is 4.57 Å². The summed E-state index contributed by atoms with van der Waals surface area (Å²) in [6, 6.07) is 7.24. The molecule has 0 aliphatic rings. The molecule has 106 valence electrons. The molecular weight excluding hydrogens is 258 g/mol. The van der Waals surface area contributed by atoms with Crippen LogP contribution in [0.4, 0.5) is 11.4 Å². The van der Waals surface area contributed by atoms with E-state index in [-0.39, 0.29) is 5.69 Å². The van der Waals surface area contributed by atoms with Crippen molar-refractivity contribution in [2.45, 2.75) is 26.8 Å². The van der Waals surface area contributed by atoms with Gasteiger partial charge in [0.1, 0.15) is 5.69 Å². The molecule has 0 spiro atoms. The molecule has 6 nitrogen and oxygen atoms in total. The number of fused-ring (bicyclic) bond motifs is 1. The molecular formula is C14H17N3O3. The SMILES string of the molecule is CCCNc1c([N+](=O)[O-])c(=O)n(CC)c2ccccc12. The van der Waals surface area contributed by atoms with Crippen LogP contribution in [0, 0.1) is 10.1 Å². The molecule has 1 N–H and O–H groups in total. The van der Waals surface area contributed by atoms with Crippen molar-refractivity contribution in [3.63, 3.8) is 0 Å². The van der Waals surface area contributed by atoms with Gasteiger partial charge in [-0.05, 0) is 19.4 Å². The van der Waals surface area contributed by atoms with Gasteiger partial charge in [-0.3, -0.25) is 14.9 Å². The summed E-state index contributed by atoms with van der Waals surface area (Å²) in [5, 5.41) is 15.0. The van der Waals surface area contributed by atoms with Gasteiger partial charge in [0.2, 0.25) is 0 Å². The normalized spacial score (nSPS) is 10.7. The number of pyridine rings is 1. The van der Waals surface area contributed by atoms with Crippen LogP contribution in [0.2, 0.25) is 0 Å². The lowest BCUT2D eigenvalue weighted by molar-refractivity contribution is -0.385. The molecule has 0 aliphatic carbocycles. The lowest BCUT2D eigenvalue weighted by atomic mass is 10.1. The smallest absolute Gasteiger partial charge is 0.357 e. The van der Waals surface area contributed by atoms with E-state index >= 15 is 0 Å². The van der Waals surface area contributed by atoms with Crippen LogP contribution in [0.5, 0.6) is 0 Å². The number of nitrogens with one attached hydrogen (secondary N) is 1. The summed E-state index contributed by atoms with van der Waals surface area (Å²) in [7, 11) is 0. The van der Waals surface area contributed by atoms with E-state index < -0.39 is 10.5 Å². The van der Waals surface area contributed by atoms with Crippen LogP contribution >= 0.6 is 0 Å². The van der Waals surface area contributed by atoms with Crippen LogP contribution in [0.3, 0.4) is 0 Å². The molecule has 0 atom stereocenters. The number of benzene rings is 1. The standard InChI is InChI=1S/C14H17N3O3/c1-3-9-15-12-10-7-5-6-8-11(10)16(4-2)14(18)13(12)17(19)20/h5-8,15H,3-4,9H2,1-2H3. The van der Waals surface area contributed by atoms with Crippen molar-refractivity contribution in [2.24, 2.45) is 0 Å². The molecule has 2 aromatic rings. The van der Waals surface area contributed by atoms with Crippen molar-refractivity contribution in [1.29, 1.82) is 0 Å². The molecule has 6 heteroatoms. The summed E-state index contributed by atoms with van der Waals surface area (Å²) >= 11 is 0. The second kappa shape index (κ2) is 5.73. The lowest BCUT2D eigenvalue weighted by Crippen LogP contribution is -2.24. The van der Waals surface area contributed by atoms with Gasteiger partial charge in [-0.2, -0.15) is 0 Å². The Morgan fingerprint density at radius 1 is 1.30 bits per heavy atom. The number of hydrogen-bond acceptors (Lipinski definition) is 4. The minimum absolute atomic E-state index is 0.321. The number of aryl methyl sites for hydroxylation is 1. The van der Waals surface area contributed by atoms with Gasteiger partial charge < -0.3 is 9.88 Å². The van der Waals surface area contributed by atoms with Crippen LogP contribution in [-0.2, 0) is 6.54 Å². The molecule has 0 unspecified atom stereocenters. The quantitative estimate of drug-likeness (QED) is 0.672. The van der Waals surface area contributed by atoms with Gasteiger partial charge in [-0.1, -0.05) is 25.1 Å². The minimum Gasteiger partial charge on any atom is -0.379 e. The first kappa shape index (κ1) is 14.0. The summed E-state index contributed by atoms with van der Waals surface area (Å²) < 4.78 is 1.44. The average Bonchev–Trinajstić information content (AvgIpc) is 2.44. The maximum absolute atomic E-state index is 12.3.